The highest BCUT2D eigenvalue weighted by Crippen LogP contribution is 2.41. The van der Waals surface area contributed by atoms with Gasteiger partial charge in [-0.3, -0.25) is 4.79 Å². The predicted octanol–water partition coefficient (Wildman–Crippen LogP) is 4.28. The van der Waals surface area contributed by atoms with Crippen LogP contribution in [-0.2, 0) is 4.79 Å². The number of anilines is 1. The summed E-state index contributed by atoms with van der Waals surface area (Å²) < 4.78 is 0. The molecule has 2 aromatic rings. The molecule has 3 atom stereocenters. The number of Topliss-reactive ketones (excluding diaryl/α,β-unsaturated/α-hetero) is 1. The second-order valence-electron chi connectivity index (χ2n) is 9.91. The van der Waals surface area contributed by atoms with Crippen LogP contribution in [0.2, 0.25) is 0 Å². The lowest BCUT2D eigenvalue weighted by molar-refractivity contribution is -0.116. The minimum atomic E-state index is -0.505. The predicted molar refractivity (Wildman–Crippen MR) is 145 cm³/mol. The number of ketones is 1. The first kappa shape index (κ1) is 23.4. The van der Waals surface area contributed by atoms with Crippen LogP contribution in [0.1, 0.15) is 43.2 Å². The van der Waals surface area contributed by atoms with Crippen LogP contribution in [0.5, 0.6) is 0 Å². The summed E-state index contributed by atoms with van der Waals surface area (Å²) in [5, 5.41) is 13.7. The highest BCUT2D eigenvalue weighted by Gasteiger charge is 2.36. The van der Waals surface area contributed by atoms with Gasteiger partial charge in [0.1, 0.15) is 18.4 Å². The smallest absolute Gasteiger partial charge is 0.346 e. The SMILES string of the molecule is CC1=C(CC2CC(c3cccc4c3[N]C(=O)N4)CCN2)C=C(c2ccccc2)C(C2=NCNC=N2)C1=O. The van der Waals surface area contributed by atoms with Crippen LogP contribution in [0.15, 0.2) is 75.7 Å². The molecule has 3 aliphatic heterocycles. The van der Waals surface area contributed by atoms with E-state index in [1.54, 1.807) is 6.34 Å². The highest BCUT2D eigenvalue weighted by molar-refractivity contribution is 6.22. The van der Waals surface area contributed by atoms with Gasteiger partial charge in [-0.1, -0.05) is 48.5 Å². The lowest BCUT2D eigenvalue weighted by atomic mass is 9.76. The maximum atomic E-state index is 13.8. The number of rotatable bonds is 5. The topological polar surface area (TPSA) is 109 Å². The van der Waals surface area contributed by atoms with Crippen molar-refractivity contribution in [2.24, 2.45) is 15.9 Å². The molecule has 8 nitrogen and oxygen atoms in total. The van der Waals surface area contributed by atoms with Crippen LogP contribution >= 0.6 is 0 Å². The summed E-state index contributed by atoms with van der Waals surface area (Å²) in [5.41, 5.74) is 6.47. The van der Waals surface area contributed by atoms with Crippen LogP contribution in [0.25, 0.3) is 5.57 Å². The molecule has 3 unspecified atom stereocenters. The molecule has 187 valence electrons. The number of amidine groups is 1. The van der Waals surface area contributed by atoms with Crippen molar-refractivity contribution in [3.05, 3.63) is 76.9 Å². The second kappa shape index (κ2) is 9.78. The van der Waals surface area contributed by atoms with Crippen molar-refractivity contribution in [1.82, 2.24) is 16.0 Å². The number of nitrogens with one attached hydrogen (secondary N) is 3. The number of carbonyl (C=O) groups is 2. The van der Waals surface area contributed by atoms with Gasteiger partial charge in [0.25, 0.3) is 0 Å². The summed E-state index contributed by atoms with van der Waals surface area (Å²) in [6.45, 7) is 3.22. The van der Waals surface area contributed by atoms with E-state index in [-0.39, 0.29) is 17.9 Å². The zero-order chi connectivity index (χ0) is 25.4. The monoisotopic (exact) mass is 493 g/mol. The normalized spacial score (nSPS) is 25.1. The van der Waals surface area contributed by atoms with E-state index < -0.39 is 5.92 Å². The zero-order valence-electron chi connectivity index (χ0n) is 20.7. The first-order valence-corrected chi connectivity index (χ1v) is 12.8. The summed E-state index contributed by atoms with van der Waals surface area (Å²) >= 11 is 0. The molecule has 2 aromatic carbocycles. The summed E-state index contributed by atoms with van der Waals surface area (Å²) in [7, 11) is 0. The molecule has 2 amide bonds. The lowest BCUT2D eigenvalue weighted by Gasteiger charge is -2.33. The first-order valence-electron chi connectivity index (χ1n) is 12.8. The molecule has 8 heteroatoms. The zero-order valence-corrected chi connectivity index (χ0v) is 20.7. The number of hydrogen-bond acceptors (Lipinski definition) is 6. The van der Waals surface area contributed by atoms with E-state index in [1.165, 1.54) is 0 Å². The maximum absolute atomic E-state index is 13.8. The van der Waals surface area contributed by atoms with Crippen molar-refractivity contribution in [3.63, 3.8) is 0 Å². The van der Waals surface area contributed by atoms with E-state index in [0.717, 1.165) is 65.0 Å². The maximum Gasteiger partial charge on any atom is 0.346 e. The number of nitrogens with zero attached hydrogens (tertiary/aromatic N) is 3. The molecule has 1 fully saturated rings. The molecule has 0 aromatic heterocycles. The Hall–Kier alpha value is -4.04. The minimum absolute atomic E-state index is 0.0609. The van der Waals surface area contributed by atoms with Crippen LogP contribution < -0.4 is 21.3 Å². The van der Waals surface area contributed by atoms with E-state index in [0.29, 0.717) is 18.4 Å². The Balaban J connectivity index is 1.28. The summed E-state index contributed by atoms with van der Waals surface area (Å²) in [5.74, 6) is 0.403. The van der Waals surface area contributed by atoms with Gasteiger partial charge in [0.05, 0.1) is 17.7 Å². The van der Waals surface area contributed by atoms with Crippen LogP contribution in [0, 0.1) is 5.92 Å². The Morgan fingerprint density at radius 1 is 1.05 bits per heavy atom. The van der Waals surface area contributed by atoms with Crippen LogP contribution in [0.4, 0.5) is 16.2 Å². The number of hydrogen-bond donors (Lipinski definition) is 3. The van der Waals surface area contributed by atoms with E-state index in [9.17, 15) is 9.59 Å². The number of piperidine rings is 1. The Labute approximate surface area is 216 Å². The third-order valence-corrected chi connectivity index (χ3v) is 7.66. The van der Waals surface area contributed by atoms with E-state index >= 15 is 0 Å². The van der Waals surface area contributed by atoms with E-state index in [2.05, 4.69) is 43.4 Å². The molecule has 0 saturated carbocycles. The van der Waals surface area contributed by atoms with Crippen molar-refractivity contribution < 1.29 is 9.59 Å². The molecule has 1 saturated heterocycles. The molecule has 1 aliphatic carbocycles. The molecular formula is C29H29N6O2. The molecule has 6 rings (SSSR count). The summed E-state index contributed by atoms with van der Waals surface area (Å²) in [4.78, 5) is 34.5. The quantitative estimate of drug-likeness (QED) is 0.578. The number of aliphatic imine (C=N–C) groups is 2. The fourth-order valence-electron chi connectivity index (χ4n) is 5.80. The molecule has 37 heavy (non-hydrogen) atoms. The third kappa shape index (κ3) is 4.49. The van der Waals surface area contributed by atoms with Crippen LogP contribution in [-0.4, -0.2) is 43.2 Å². The van der Waals surface area contributed by atoms with Gasteiger partial charge in [-0.25, -0.2) is 14.8 Å². The number of carbonyl (C=O) groups excluding carboxylic acids is 2. The average molecular weight is 494 g/mol. The molecular weight excluding hydrogens is 464 g/mol. The van der Waals surface area contributed by atoms with Gasteiger partial charge < -0.3 is 16.0 Å². The van der Waals surface area contributed by atoms with E-state index in [1.807, 2.05) is 49.4 Å². The van der Waals surface area contributed by atoms with Gasteiger partial charge in [0.15, 0.2) is 5.78 Å². The van der Waals surface area contributed by atoms with Crippen molar-refractivity contribution in [2.75, 3.05) is 18.5 Å². The standard InChI is InChI=1S/C29H29N6O2/c1-17-20(13-21-12-19(10-11-31-21)22-8-5-9-24-26(22)35-29(37)34-24)14-23(18-6-3-2-4-7-18)25(27(17)36)28-32-15-30-16-33-28/h2-9,14-15,19,21,25,31H,10-13,16H2,1H3,(H,34,37)(H,30,32,33). The van der Waals surface area contributed by atoms with Gasteiger partial charge in [0, 0.05) is 6.04 Å². The van der Waals surface area contributed by atoms with E-state index in [4.69, 9.17) is 0 Å². The number of fused-ring (bicyclic) bond motifs is 1. The fourth-order valence-corrected chi connectivity index (χ4v) is 5.80. The largest absolute Gasteiger partial charge is 0.357 e. The van der Waals surface area contributed by atoms with Crippen molar-refractivity contribution in [1.29, 1.82) is 0 Å². The number of para-hydroxylation sites is 1. The van der Waals surface area contributed by atoms with Crippen molar-refractivity contribution in [3.8, 4) is 0 Å². The number of urea groups is 1. The molecule has 4 aliphatic rings. The molecule has 0 spiro atoms. The average Bonchev–Trinajstić information content (AvgIpc) is 3.32. The molecule has 0 bridgehead atoms. The third-order valence-electron chi connectivity index (χ3n) is 7.66. The van der Waals surface area contributed by atoms with Crippen molar-refractivity contribution >= 4 is 40.9 Å². The van der Waals surface area contributed by atoms with Gasteiger partial charge in [-0.2, -0.15) is 5.32 Å². The summed E-state index contributed by atoms with van der Waals surface area (Å²) in [6.07, 6.45) is 6.44. The fraction of sp³-hybridized carbons (Fsp3) is 0.310. The lowest BCUT2D eigenvalue weighted by Crippen LogP contribution is -2.38. The molecule has 1 radical (unpaired) electrons. The Bertz CT molecular complexity index is 1370. The molecule has 3 heterocycles. The first-order chi connectivity index (χ1) is 18.1. The Kier molecular flexibility index (Phi) is 6.18. The van der Waals surface area contributed by atoms with Crippen molar-refractivity contribution in [2.45, 2.75) is 38.1 Å². The van der Waals surface area contributed by atoms with Gasteiger partial charge in [-0.15, -0.1) is 0 Å². The Morgan fingerprint density at radius 2 is 1.92 bits per heavy atom. The summed E-state index contributed by atoms with van der Waals surface area (Å²) in [6, 6.07) is 15.9. The van der Waals surface area contributed by atoms with Gasteiger partial charge in [0.2, 0.25) is 0 Å². The number of benzene rings is 2. The van der Waals surface area contributed by atoms with Gasteiger partial charge in [-0.05, 0) is 72.6 Å². The molecule has 3 N–H and O–H groups in total. The highest BCUT2D eigenvalue weighted by atomic mass is 16.2. The number of amides is 2. The van der Waals surface area contributed by atoms with Gasteiger partial charge >= 0.3 is 6.03 Å². The second-order valence-corrected chi connectivity index (χ2v) is 9.91. The Morgan fingerprint density at radius 3 is 2.73 bits per heavy atom. The number of allylic oxidation sites excluding steroid dienone is 2. The van der Waals surface area contributed by atoms with Crippen LogP contribution in [0.3, 0.4) is 0 Å². The minimum Gasteiger partial charge on any atom is -0.357 e.